The van der Waals surface area contributed by atoms with Crippen LogP contribution in [0, 0.1) is 5.92 Å². The molecule has 1 aliphatic carbocycles. The molecule has 0 aromatic heterocycles. The first-order chi connectivity index (χ1) is 6.75. The van der Waals surface area contributed by atoms with Gasteiger partial charge in [0, 0.05) is 6.42 Å². The molecule has 0 radical (unpaired) electrons. The first-order valence-corrected chi connectivity index (χ1v) is 5.38. The highest BCUT2D eigenvalue weighted by Gasteiger charge is 2.17. The van der Waals surface area contributed by atoms with Crippen molar-refractivity contribution in [3.8, 4) is 0 Å². The molecule has 1 aliphatic rings. The molecule has 0 spiro atoms. The highest BCUT2D eigenvalue weighted by atomic mass is 16.5. The van der Waals surface area contributed by atoms with Crippen LogP contribution in [-0.4, -0.2) is 24.4 Å². The van der Waals surface area contributed by atoms with Gasteiger partial charge in [-0.2, -0.15) is 0 Å². The minimum Gasteiger partial charge on any atom is -0.445 e. The number of rotatable bonds is 5. The number of hydrogen-bond acceptors (Lipinski definition) is 1. The van der Waals surface area contributed by atoms with Crippen molar-refractivity contribution in [2.24, 2.45) is 5.92 Å². The largest absolute Gasteiger partial charge is 0.445 e. The zero-order valence-electron chi connectivity index (χ0n) is 9.12. The molecule has 2 heteroatoms. The summed E-state index contributed by atoms with van der Waals surface area (Å²) in [5.74, 6) is 0.556. The van der Waals surface area contributed by atoms with E-state index in [1.807, 2.05) is 0 Å². The Bertz CT molecular complexity index is 216. The summed E-state index contributed by atoms with van der Waals surface area (Å²) in [5, 5.41) is 7.05. The second-order valence-corrected chi connectivity index (χ2v) is 3.95. The van der Waals surface area contributed by atoms with Crippen LogP contribution in [0.5, 0.6) is 0 Å². The fraction of sp³-hybridized carbons (Fsp3) is 0.667. The fourth-order valence-electron chi connectivity index (χ4n) is 1.65. The zero-order chi connectivity index (χ0) is 10.4. The van der Waals surface area contributed by atoms with E-state index in [0.717, 1.165) is 12.8 Å². The molecule has 1 unspecified atom stereocenters. The summed E-state index contributed by atoms with van der Waals surface area (Å²) >= 11 is 0. The standard InChI is InChI=1S/C12H20O2/c1-10(2)11-6-3-4-7-12(11)14-9-5-8-13/h3-4,6,10,12-13H,5,7-9H2,1-2H3/p+1. The molecule has 80 valence electrons. The van der Waals surface area contributed by atoms with Crippen molar-refractivity contribution in [1.82, 2.24) is 0 Å². The Morgan fingerprint density at radius 2 is 2.36 bits per heavy atom. The normalized spacial score (nSPS) is 21.4. The van der Waals surface area contributed by atoms with Gasteiger partial charge < -0.3 is 9.84 Å². The van der Waals surface area contributed by atoms with E-state index < -0.39 is 0 Å². The lowest BCUT2D eigenvalue weighted by Crippen LogP contribution is -2.21. The molecule has 0 amide bonds. The predicted molar refractivity (Wildman–Crippen MR) is 59.5 cm³/mol. The summed E-state index contributed by atoms with van der Waals surface area (Å²) in [4.78, 5) is 0. The van der Waals surface area contributed by atoms with Gasteiger partial charge in [0.1, 0.15) is 6.61 Å². The first-order valence-electron chi connectivity index (χ1n) is 5.38. The second kappa shape index (κ2) is 5.99. The van der Waals surface area contributed by atoms with Gasteiger partial charge in [-0.1, -0.05) is 32.1 Å². The minimum absolute atomic E-state index is 0.256. The van der Waals surface area contributed by atoms with Gasteiger partial charge in [0.25, 0.3) is 0 Å². The smallest absolute Gasteiger partial charge is 0.145 e. The molecular formula is C12H21O2+. The Morgan fingerprint density at radius 1 is 1.57 bits per heavy atom. The summed E-state index contributed by atoms with van der Waals surface area (Å²) < 4.78 is 5.76. The molecule has 1 rings (SSSR count). The monoisotopic (exact) mass is 197 g/mol. The quantitative estimate of drug-likeness (QED) is 0.490. The van der Waals surface area contributed by atoms with E-state index in [-0.39, 0.29) is 6.10 Å². The molecule has 14 heavy (non-hydrogen) atoms. The minimum atomic E-state index is 0.256. The molecular weight excluding hydrogens is 176 g/mol. The molecule has 1 atom stereocenters. The lowest BCUT2D eigenvalue weighted by molar-refractivity contribution is 0.0623. The van der Waals surface area contributed by atoms with E-state index in [1.165, 1.54) is 5.57 Å². The molecule has 2 N–H and O–H groups in total. The maximum absolute atomic E-state index is 7.05. The van der Waals surface area contributed by atoms with Gasteiger partial charge in [-0.05, 0) is 17.9 Å². The molecule has 0 aromatic rings. The number of hydrogen-bond donors (Lipinski definition) is 0. The van der Waals surface area contributed by atoms with Crippen molar-refractivity contribution in [3.63, 3.8) is 0 Å². The van der Waals surface area contributed by atoms with Crippen LogP contribution in [0.2, 0.25) is 0 Å². The van der Waals surface area contributed by atoms with E-state index in [9.17, 15) is 0 Å². The van der Waals surface area contributed by atoms with Gasteiger partial charge in [-0.25, -0.2) is 0 Å². The van der Waals surface area contributed by atoms with E-state index in [4.69, 9.17) is 9.84 Å². The van der Waals surface area contributed by atoms with Crippen LogP contribution in [0.3, 0.4) is 0 Å². The summed E-state index contributed by atoms with van der Waals surface area (Å²) in [7, 11) is 0. The summed E-state index contributed by atoms with van der Waals surface area (Å²) in [6, 6.07) is 0. The third-order valence-electron chi connectivity index (χ3n) is 2.45. The fourth-order valence-corrected chi connectivity index (χ4v) is 1.65. The van der Waals surface area contributed by atoms with E-state index in [0.29, 0.717) is 19.1 Å². The molecule has 0 saturated heterocycles. The zero-order valence-corrected chi connectivity index (χ0v) is 9.12. The molecule has 0 bridgehead atoms. The highest BCUT2D eigenvalue weighted by molar-refractivity contribution is 5.23. The van der Waals surface area contributed by atoms with Gasteiger partial charge in [0.2, 0.25) is 0 Å². The van der Waals surface area contributed by atoms with Crippen molar-refractivity contribution in [2.45, 2.75) is 32.8 Å². The molecule has 0 saturated carbocycles. The lowest BCUT2D eigenvalue weighted by atomic mass is 9.92. The molecule has 0 aromatic carbocycles. The van der Waals surface area contributed by atoms with Crippen LogP contribution in [0.1, 0.15) is 26.7 Å². The van der Waals surface area contributed by atoms with Crippen LogP contribution in [0.25, 0.3) is 0 Å². The van der Waals surface area contributed by atoms with Gasteiger partial charge >= 0.3 is 0 Å². The maximum Gasteiger partial charge on any atom is 0.145 e. The Morgan fingerprint density at radius 3 is 3.00 bits per heavy atom. The average Bonchev–Trinajstić information content (AvgIpc) is 2.19. The van der Waals surface area contributed by atoms with Gasteiger partial charge in [0.15, 0.2) is 0 Å². The summed E-state index contributed by atoms with van der Waals surface area (Å²) in [6.07, 6.45) is 8.51. The van der Waals surface area contributed by atoms with E-state index in [1.54, 1.807) is 0 Å². The predicted octanol–water partition coefficient (Wildman–Crippen LogP) is 2.03. The third kappa shape index (κ3) is 3.28. The van der Waals surface area contributed by atoms with Gasteiger partial charge in [0.05, 0.1) is 12.7 Å². The Kier molecular flexibility index (Phi) is 4.91. The van der Waals surface area contributed by atoms with E-state index >= 15 is 0 Å². The van der Waals surface area contributed by atoms with Crippen molar-refractivity contribution >= 4 is 0 Å². The maximum atomic E-state index is 7.05. The van der Waals surface area contributed by atoms with Crippen molar-refractivity contribution in [2.75, 3.05) is 13.2 Å². The Hall–Kier alpha value is -0.600. The van der Waals surface area contributed by atoms with Crippen molar-refractivity contribution in [3.05, 3.63) is 23.8 Å². The third-order valence-corrected chi connectivity index (χ3v) is 2.45. The van der Waals surface area contributed by atoms with Crippen molar-refractivity contribution in [1.29, 1.82) is 0 Å². The SMILES string of the molecule is CC(C)C1=CC=CCC1OCCC[OH2+]. The summed E-state index contributed by atoms with van der Waals surface area (Å²) in [6.45, 7) is 5.58. The van der Waals surface area contributed by atoms with Crippen molar-refractivity contribution < 1.29 is 9.84 Å². The van der Waals surface area contributed by atoms with Crippen LogP contribution < -0.4 is 0 Å². The number of ether oxygens (including phenoxy) is 1. The van der Waals surface area contributed by atoms with Gasteiger partial charge in [-0.15, -0.1) is 0 Å². The summed E-state index contributed by atoms with van der Waals surface area (Å²) in [5.41, 5.74) is 1.39. The van der Waals surface area contributed by atoms with Crippen LogP contribution in [0.4, 0.5) is 0 Å². The molecule has 0 aliphatic heterocycles. The first kappa shape index (κ1) is 11.5. The highest BCUT2D eigenvalue weighted by Crippen LogP contribution is 2.23. The second-order valence-electron chi connectivity index (χ2n) is 3.95. The van der Waals surface area contributed by atoms with Crippen LogP contribution in [-0.2, 0) is 4.74 Å². The van der Waals surface area contributed by atoms with Crippen LogP contribution >= 0.6 is 0 Å². The lowest BCUT2D eigenvalue weighted by Gasteiger charge is -2.24. The molecule has 2 nitrogen and oxygen atoms in total. The topological polar surface area (TPSA) is 32.1 Å². The Balaban J connectivity index is 2.43. The van der Waals surface area contributed by atoms with Gasteiger partial charge in [-0.3, -0.25) is 0 Å². The Labute approximate surface area is 86.3 Å². The molecule has 0 heterocycles. The van der Waals surface area contributed by atoms with E-state index in [2.05, 4.69) is 32.1 Å². The molecule has 0 fully saturated rings. The average molecular weight is 197 g/mol. The van der Waals surface area contributed by atoms with Crippen LogP contribution in [0.15, 0.2) is 23.8 Å². The number of allylic oxidation sites excluding steroid dienone is 2.